The molecular weight excluding hydrogens is 244 g/mol. The van der Waals surface area contributed by atoms with E-state index in [0.29, 0.717) is 29.4 Å². The molecule has 0 spiro atoms. The van der Waals surface area contributed by atoms with Gasteiger partial charge in [0.2, 0.25) is 0 Å². The minimum absolute atomic E-state index is 0.114. The number of ketones is 1. The molecule has 4 heteroatoms. The molecule has 0 aromatic heterocycles. The SMILES string of the molecule is COc1ccc(OC)c(C(=O)CC2CCOCC2)c1. The van der Waals surface area contributed by atoms with Gasteiger partial charge >= 0.3 is 0 Å². The van der Waals surface area contributed by atoms with Crippen LogP contribution in [-0.4, -0.2) is 33.2 Å². The summed E-state index contributed by atoms with van der Waals surface area (Å²) in [5.74, 6) is 1.81. The average molecular weight is 264 g/mol. The molecule has 0 radical (unpaired) electrons. The fourth-order valence-electron chi connectivity index (χ4n) is 2.35. The molecule has 1 saturated heterocycles. The van der Waals surface area contributed by atoms with E-state index < -0.39 is 0 Å². The molecule has 1 fully saturated rings. The molecule has 1 aromatic rings. The topological polar surface area (TPSA) is 44.8 Å². The van der Waals surface area contributed by atoms with E-state index in [-0.39, 0.29) is 5.78 Å². The van der Waals surface area contributed by atoms with Crippen LogP contribution in [0.2, 0.25) is 0 Å². The largest absolute Gasteiger partial charge is 0.497 e. The minimum atomic E-state index is 0.114. The highest BCUT2D eigenvalue weighted by molar-refractivity contribution is 5.99. The fraction of sp³-hybridized carbons (Fsp3) is 0.533. The zero-order valence-corrected chi connectivity index (χ0v) is 11.5. The summed E-state index contributed by atoms with van der Waals surface area (Å²) in [5.41, 5.74) is 0.605. The molecule has 4 nitrogen and oxygen atoms in total. The lowest BCUT2D eigenvalue weighted by Crippen LogP contribution is -2.19. The van der Waals surface area contributed by atoms with Crippen molar-refractivity contribution < 1.29 is 19.0 Å². The number of carbonyl (C=O) groups excluding carboxylic acids is 1. The summed E-state index contributed by atoms with van der Waals surface area (Å²) >= 11 is 0. The fourth-order valence-corrected chi connectivity index (χ4v) is 2.35. The smallest absolute Gasteiger partial charge is 0.167 e. The van der Waals surface area contributed by atoms with Gasteiger partial charge in [-0.15, -0.1) is 0 Å². The maximum Gasteiger partial charge on any atom is 0.167 e. The summed E-state index contributed by atoms with van der Waals surface area (Å²) in [6.07, 6.45) is 2.46. The monoisotopic (exact) mass is 264 g/mol. The van der Waals surface area contributed by atoms with Crippen LogP contribution in [0.15, 0.2) is 18.2 Å². The van der Waals surface area contributed by atoms with Crippen molar-refractivity contribution >= 4 is 5.78 Å². The minimum Gasteiger partial charge on any atom is -0.497 e. The Bertz CT molecular complexity index is 436. The lowest BCUT2D eigenvalue weighted by atomic mass is 9.91. The van der Waals surface area contributed by atoms with E-state index >= 15 is 0 Å². The van der Waals surface area contributed by atoms with E-state index in [1.807, 2.05) is 0 Å². The van der Waals surface area contributed by atoms with E-state index in [9.17, 15) is 4.79 Å². The molecule has 0 saturated carbocycles. The Hall–Kier alpha value is -1.55. The molecule has 0 aliphatic carbocycles. The first-order valence-electron chi connectivity index (χ1n) is 6.57. The molecule has 0 atom stereocenters. The van der Waals surface area contributed by atoms with Gasteiger partial charge in [0.05, 0.1) is 19.8 Å². The van der Waals surface area contributed by atoms with Crippen LogP contribution >= 0.6 is 0 Å². The molecule has 2 rings (SSSR count). The van der Waals surface area contributed by atoms with Crippen LogP contribution < -0.4 is 9.47 Å². The first kappa shape index (κ1) is 13.9. The van der Waals surface area contributed by atoms with Crippen molar-refractivity contribution in [1.82, 2.24) is 0 Å². The van der Waals surface area contributed by atoms with E-state index in [4.69, 9.17) is 14.2 Å². The highest BCUT2D eigenvalue weighted by Crippen LogP contribution is 2.28. The van der Waals surface area contributed by atoms with Gasteiger partial charge in [0, 0.05) is 19.6 Å². The second kappa shape index (κ2) is 6.57. The average Bonchev–Trinajstić information content (AvgIpc) is 2.47. The molecular formula is C15H20O4. The number of benzene rings is 1. The predicted octanol–water partition coefficient (Wildman–Crippen LogP) is 2.70. The lowest BCUT2D eigenvalue weighted by Gasteiger charge is -2.21. The third-order valence-electron chi connectivity index (χ3n) is 3.52. The maximum absolute atomic E-state index is 12.4. The predicted molar refractivity (Wildman–Crippen MR) is 72.0 cm³/mol. The number of Topliss-reactive ketones (excluding diaryl/α,β-unsaturated/α-hetero) is 1. The third kappa shape index (κ3) is 3.47. The Labute approximate surface area is 113 Å². The van der Waals surface area contributed by atoms with Crippen molar-refractivity contribution in [2.24, 2.45) is 5.92 Å². The van der Waals surface area contributed by atoms with Gasteiger partial charge in [-0.1, -0.05) is 0 Å². The molecule has 0 bridgehead atoms. The van der Waals surface area contributed by atoms with Crippen LogP contribution in [0.4, 0.5) is 0 Å². The number of hydrogen-bond donors (Lipinski definition) is 0. The van der Waals surface area contributed by atoms with Gasteiger partial charge in [0.25, 0.3) is 0 Å². The van der Waals surface area contributed by atoms with Crippen molar-refractivity contribution in [3.63, 3.8) is 0 Å². The molecule has 19 heavy (non-hydrogen) atoms. The molecule has 0 unspecified atom stereocenters. The first-order chi connectivity index (χ1) is 9.24. The summed E-state index contributed by atoms with van der Waals surface area (Å²) in [6, 6.07) is 5.32. The summed E-state index contributed by atoms with van der Waals surface area (Å²) in [5, 5.41) is 0. The van der Waals surface area contributed by atoms with E-state index in [1.54, 1.807) is 32.4 Å². The number of carbonyl (C=O) groups is 1. The van der Waals surface area contributed by atoms with Gasteiger partial charge in [-0.2, -0.15) is 0 Å². The van der Waals surface area contributed by atoms with Crippen molar-refractivity contribution in [3.05, 3.63) is 23.8 Å². The Morgan fingerprint density at radius 3 is 2.63 bits per heavy atom. The van der Waals surface area contributed by atoms with Gasteiger partial charge < -0.3 is 14.2 Å². The second-order valence-corrected chi connectivity index (χ2v) is 4.75. The number of methoxy groups -OCH3 is 2. The van der Waals surface area contributed by atoms with Crippen LogP contribution in [-0.2, 0) is 4.74 Å². The number of hydrogen-bond acceptors (Lipinski definition) is 4. The molecule has 104 valence electrons. The summed E-state index contributed by atoms with van der Waals surface area (Å²) < 4.78 is 15.7. The van der Waals surface area contributed by atoms with Crippen LogP contribution in [0, 0.1) is 5.92 Å². The van der Waals surface area contributed by atoms with Crippen LogP contribution in [0.3, 0.4) is 0 Å². The van der Waals surface area contributed by atoms with Crippen molar-refractivity contribution in [3.8, 4) is 11.5 Å². The normalized spacial score (nSPS) is 16.1. The molecule has 1 aromatic carbocycles. The van der Waals surface area contributed by atoms with Gasteiger partial charge in [-0.3, -0.25) is 4.79 Å². The Balaban J connectivity index is 2.12. The highest BCUT2D eigenvalue weighted by Gasteiger charge is 2.21. The van der Waals surface area contributed by atoms with Gasteiger partial charge in [-0.25, -0.2) is 0 Å². The summed E-state index contributed by atoms with van der Waals surface area (Å²) in [6.45, 7) is 1.51. The summed E-state index contributed by atoms with van der Waals surface area (Å²) in [4.78, 5) is 12.4. The van der Waals surface area contributed by atoms with Crippen molar-refractivity contribution in [2.75, 3.05) is 27.4 Å². The Morgan fingerprint density at radius 2 is 2.00 bits per heavy atom. The zero-order valence-electron chi connectivity index (χ0n) is 11.5. The number of rotatable bonds is 5. The van der Waals surface area contributed by atoms with Crippen LogP contribution in [0.25, 0.3) is 0 Å². The zero-order chi connectivity index (χ0) is 13.7. The maximum atomic E-state index is 12.4. The molecule has 1 aliphatic rings. The van der Waals surface area contributed by atoms with E-state index in [0.717, 1.165) is 26.1 Å². The van der Waals surface area contributed by atoms with Crippen molar-refractivity contribution in [1.29, 1.82) is 0 Å². The Kier molecular flexibility index (Phi) is 4.80. The Morgan fingerprint density at radius 1 is 1.26 bits per heavy atom. The van der Waals surface area contributed by atoms with Gasteiger partial charge in [0.15, 0.2) is 5.78 Å². The first-order valence-corrected chi connectivity index (χ1v) is 6.57. The standard InChI is InChI=1S/C15H20O4/c1-17-12-3-4-15(18-2)13(10-12)14(16)9-11-5-7-19-8-6-11/h3-4,10-11H,5-9H2,1-2H3. The van der Waals surface area contributed by atoms with Gasteiger partial charge in [0.1, 0.15) is 11.5 Å². The third-order valence-corrected chi connectivity index (χ3v) is 3.52. The quantitative estimate of drug-likeness (QED) is 0.767. The van der Waals surface area contributed by atoms with E-state index in [1.165, 1.54) is 0 Å². The van der Waals surface area contributed by atoms with E-state index in [2.05, 4.69) is 0 Å². The van der Waals surface area contributed by atoms with Crippen LogP contribution in [0.5, 0.6) is 11.5 Å². The van der Waals surface area contributed by atoms with Crippen LogP contribution in [0.1, 0.15) is 29.6 Å². The summed E-state index contributed by atoms with van der Waals surface area (Å²) in [7, 11) is 3.17. The lowest BCUT2D eigenvalue weighted by molar-refractivity contribution is 0.0600. The molecule has 1 heterocycles. The van der Waals surface area contributed by atoms with Gasteiger partial charge in [-0.05, 0) is 37.0 Å². The molecule has 0 N–H and O–H groups in total. The number of ether oxygens (including phenoxy) is 3. The molecule has 0 amide bonds. The molecule has 1 aliphatic heterocycles. The highest BCUT2D eigenvalue weighted by atomic mass is 16.5. The van der Waals surface area contributed by atoms with Crippen molar-refractivity contribution in [2.45, 2.75) is 19.3 Å². The second-order valence-electron chi connectivity index (χ2n) is 4.75.